The number of rotatable bonds is 11. The molecule has 1 heterocycles. The number of aryl methyl sites for hydroxylation is 1. The summed E-state index contributed by atoms with van der Waals surface area (Å²) in [6.07, 6.45) is 5.75. The quantitative estimate of drug-likeness (QED) is 0.202. The van der Waals surface area contributed by atoms with Gasteiger partial charge in [0.25, 0.3) is 5.91 Å². The van der Waals surface area contributed by atoms with Crippen LogP contribution in [0.2, 0.25) is 0 Å². The molecule has 4 aromatic rings. The van der Waals surface area contributed by atoms with Gasteiger partial charge in [0.2, 0.25) is 17.8 Å². The molecule has 1 aromatic heterocycles. The van der Waals surface area contributed by atoms with Crippen LogP contribution in [0.3, 0.4) is 0 Å². The minimum atomic E-state index is -0.346. The highest BCUT2D eigenvalue weighted by atomic mass is 16.5. The van der Waals surface area contributed by atoms with Gasteiger partial charge in [-0.05, 0) is 79.8 Å². The number of ether oxygens (including phenoxy) is 1. The molecule has 10 heteroatoms. The number of carbonyl (C=O) groups is 3. The van der Waals surface area contributed by atoms with Gasteiger partial charge in [-0.3, -0.25) is 19.7 Å². The van der Waals surface area contributed by atoms with Gasteiger partial charge in [0.1, 0.15) is 5.75 Å². The second-order valence-corrected chi connectivity index (χ2v) is 11.1. The highest BCUT2D eigenvalue weighted by molar-refractivity contribution is 6.04. The number of hydrogen-bond donors (Lipinski definition) is 2. The molecule has 1 fully saturated rings. The summed E-state index contributed by atoms with van der Waals surface area (Å²) in [5.74, 6) is 1.05. The predicted octanol–water partition coefficient (Wildman–Crippen LogP) is 6.13. The highest BCUT2D eigenvalue weighted by Crippen LogP contribution is 2.30. The minimum absolute atomic E-state index is 0.0877. The van der Waals surface area contributed by atoms with E-state index in [0.29, 0.717) is 65.9 Å². The molecule has 1 aliphatic carbocycles. The molecule has 0 atom stereocenters. The van der Waals surface area contributed by atoms with E-state index in [1.165, 1.54) is 19.8 Å². The van der Waals surface area contributed by atoms with E-state index in [2.05, 4.69) is 16.7 Å². The van der Waals surface area contributed by atoms with E-state index < -0.39 is 0 Å². The number of nitrogens with zero attached hydrogens (tertiary/aromatic N) is 4. The molecular weight excluding hydrogens is 556 g/mol. The number of amides is 3. The lowest BCUT2D eigenvalue weighted by atomic mass is 10.0. The van der Waals surface area contributed by atoms with Crippen LogP contribution >= 0.6 is 0 Å². The fourth-order valence-corrected chi connectivity index (χ4v) is 5.54. The third-order valence-corrected chi connectivity index (χ3v) is 7.88. The molecule has 1 aliphatic rings. The molecule has 10 nitrogen and oxygen atoms in total. The van der Waals surface area contributed by atoms with E-state index in [1.807, 2.05) is 34.9 Å². The maximum absolute atomic E-state index is 13.1. The summed E-state index contributed by atoms with van der Waals surface area (Å²) in [7, 11) is 1.79. The summed E-state index contributed by atoms with van der Waals surface area (Å²) in [4.78, 5) is 44.0. The largest absolute Gasteiger partial charge is 0.493 e. The number of nitriles is 1. The number of fused-ring (bicyclic) bond motifs is 1. The molecule has 3 amide bonds. The van der Waals surface area contributed by atoms with Crippen LogP contribution in [0.5, 0.6) is 5.75 Å². The van der Waals surface area contributed by atoms with Crippen molar-refractivity contribution >= 4 is 46.1 Å². The first kappa shape index (κ1) is 30.3. The number of carbonyl (C=O) groups excluding carboxylic acids is 3. The van der Waals surface area contributed by atoms with E-state index in [9.17, 15) is 14.4 Å². The lowest BCUT2D eigenvalue weighted by molar-refractivity contribution is -0.119. The van der Waals surface area contributed by atoms with Crippen molar-refractivity contribution in [3.63, 3.8) is 0 Å². The summed E-state index contributed by atoms with van der Waals surface area (Å²) >= 11 is 0. The second-order valence-electron chi connectivity index (χ2n) is 11.1. The topological polar surface area (TPSA) is 129 Å². The van der Waals surface area contributed by atoms with Crippen LogP contribution in [0.4, 0.5) is 17.3 Å². The molecule has 0 saturated heterocycles. The Morgan fingerprint density at radius 3 is 2.55 bits per heavy atom. The molecule has 1 saturated carbocycles. The predicted molar refractivity (Wildman–Crippen MR) is 170 cm³/mol. The summed E-state index contributed by atoms with van der Waals surface area (Å²) in [5, 5.41) is 14.8. The number of anilines is 3. The first-order valence-electron chi connectivity index (χ1n) is 14.9. The molecule has 3 aromatic carbocycles. The number of benzene rings is 3. The van der Waals surface area contributed by atoms with Crippen molar-refractivity contribution in [2.45, 2.75) is 52.0 Å². The van der Waals surface area contributed by atoms with E-state index in [4.69, 9.17) is 15.0 Å². The monoisotopic (exact) mass is 592 g/mol. The van der Waals surface area contributed by atoms with Gasteiger partial charge >= 0.3 is 0 Å². The average molecular weight is 593 g/mol. The molecule has 44 heavy (non-hydrogen) atoms. The van der Waals surface area contributed by atoms with Gasteiger partial charge in [0, 0.05) is 49.9 Å². The lowest BCUT2D eigenvalue weighted by Gasteiger charge is -2.19. The standard InChI is InChI=1S/C34H36N6O4/c1-23(41)36-27-9-5-10-29(20-27)44-18-6-17-40-31-16-15-28(39(2)32(42)19-24-7-3-4-8-24)21-30(31)37-34(40)38-33(43)26-13-11-25(22-35)12-14-26/h5,9-16,20-21,24H,3-4,6-8,17-19H2,1-2H3,(H,36,41)(H,37,38,43). The molecule has 0 bridgehead atoms. The third-order valence-electron chi connectivity index (χ3n) is 7.88. The molecule has 0 aliphatic heterocycles. The Bertz CT molecular complexity index is 1700. The van der Waals surface area contributed by atoms with Crippen molar-refractivity contribution in [2.24, 2.45) is 5.92 Å². The summed E-state index contributed by atoms with van der Waals surface area (Å²) < 4.78 is 7.87. The Kier molecular flexibility index (Phi) is 9.55. The first-order valence-corrected chi connectivity index (χ1v) is 14.9. The Morgan fingerprint density at radius 1 is 1.05 bits per heavy atom. The highest BCUT2D eigenvalue weighted by Gasteiger charge is 2.22. The summed E-state index contributed by atoms with van der Waals surface area (Å²) in [6.45, 7) is 2.35. The molecule has 0 unspecified atom stereocenters. The Hall–Kier alpha value is -5.17. The van der Waals surface area contributed by atoms with Crippen molar-refractivity contribution in [3.8, 4) is 11.8 Å². The molecular formula is C34H36N6O4. The SMILES string of the molecule is CC(=O)Nc1cccc(OCCCn2c(NC(=O)c3ccc(C#N)cc3)nc3cc(N(C)C(=O)CC4CCCC4)ccc32)c1. The van der Waals surface area contributed by atoms with E-state index in [0.717, 1.165) is 24.0 Å². The number of imidazole rings is 1. The zero-order valence-corrected chi connectivity index (χ0v) is 25.0. The Balaban J connectivity index is 1.34. The van der Waals surface area contributed by atoms with Gasteiger partial charge in [-0.25, -0.2) is 4.98 Å². The van der Waals surface area contributed by atoms with Crippen LogP contribution in [0, 0.1) is 17.2 Å². The lowest BCUT2D eigenvalue weighted by Crippen LogP contribution is -2.27. The Morgan fingerprint density at radius 2 is 1.82 bits per heavy atom. The van der Waals surface area contributed by atoms with Gasteiger partial charge < -0.3 is 19.5 Å². The average Bonchev–Trinajstić information content (AvgIpc) is 3.65. The van der Waals surface area contributed by atoms with E-state index >= 15 is 0 Å². The van der Waals surface area contributed by atoms with Crippen molar-refractivity contribution in [1.82, 2.24) is 9.55 Å². The van der Waals surface area contributed by atoms with Crippen LogP contribution in [-0.4, -0.2) is 40.9 Å². The van der Waals surface area contributed by atoms with Crippen molar-refractivity contribution in [3.05, 3.63) is 77.9 Å². The molecule has 0 spiro atoms. The van der Waals surface area contributed by atoms with Crippen molar-refractivity contribution in [1.29, 1.82) is 5.26 Å². The fourth-order valence-electron chi connectivity index (χ4n) is 5.54. The van der Waals surface area contributed by atoms with Crippen LogP contribution in [0.15, 0.2) is 66.7 Å². The van der Waals surface area contributed by atoms with E-state index in [-0.39, 0.29) is 17.7 Å². The second kappa shape index (κ2) is 13.9. The Labute approximate surface area is 256 Å². The van der Waals surface area contributed by atoms with Gasteiger partial charge in [0.15, 0.2) is 0 Å². The van der Waals surface area contributed by atoms with Gasteiger partial charge in [-0.15, -0.1) is 0 Å². The third kappa shape index (κ3) is 7.42. The van der Waals surface area contributed by atoms with Crippen molar-refractivity contribution < 1.29 is 19.1 Å². The normalized spacial score (nSPS) is 12.9. The molecule has 5 rings (SSSR count). The van der Waals surface area contributed by atoms with Crippen LogP contribution < -0.4 is 20.3 Å². The minimum Gasteiger partial charge on any atom is -0.493 e. The number of hydrogen-bond acceptors (Lipinski definition) is 6. The smallest absolute Gasteiger partial charge is 0.257 e. The van der Waals surface area contributed by atoms with Crippen LogP contribution in [0.25, 0.3) is 11.0 Å². The van der Waals surface area contributed by atoms with Gasteiger partial charge in [-0.2, -0.15) is 5.26 Å². The van der Waals surface area contributed by atoms with Crippen LogP contribution in [0.1, 0.15) is 61.4 Å². The van der Waals surface area contributed by atoms with Crippen LogP contribution in [-0.2, 0) is 16.1 Å². The number of nitrogens with one attached hydrogen (secondary N) is 2. The van der Waals surface area contributed by atoms with Gasteiger partial charge in [0.05, 0.1) is 29.3 Å². The first-order chi connectivity index (χ1) is 21.3. The zero-order valence-electron chi connectivity index (χ0n) is 25.0. The fraction of sp³-hybridized carbons (Fsp3) is 0.324. The molecule has 0 radical (unpaired) electrons. The maximum atomic E-state index is 13.1. The summed E-state index contributed by atoms with van der Waals surface area (Å²) in [5.41, 5.74) is 3.75. The number of aromatic nitrogens is 2. The van der Waals surface area contributed by atoms with Crippen molar-refractivity contribution in [2.75, 3.05) is 29.2 Å². The summed E-state index contributed by atoms with van der Waals surface area (Å²) in [6, 6.07) is 21.4. The molecule has 2 N–H and O–H groups in total. The van der Waals surface area contributed by atoms with Gasteiger partial charge in [-0.1, -0.05) is 18.9 Å². The maximum Gasteiger partial charge on any atom is 0.257 e. The molecule has 226 valence electrons. The van der Waals surface area contributed by atoms with E-state index in [1.54, 1.807) is 48.3 Å². The zero-order chi connectivity index (χ0) is 31.1.